The molecule has 0 aliphatic rings. The number of hydrogen-bond acceptors (Lipinski definition) is 8. The maximum absolute atomic E-state index is 12.7. The molecule has 1 heterocycles. The number of ether oxygens (including phenoxy) is 2. The largest absolute Gasteiger partial charge is 0.495 e. The van der Waals surface area contributed by atoms with E-state index in [2.05, 4.69) is 10.4 Å². The maximum Gasteiger partial charge on any atom is 0.359 e. The maximum atomic E-state index is 12.7. The van der Waals surface area contributed by atoms with Gasteiger partial charge in [0.05, 0.1) is 23.1 Å². The van der Waals surface area contributed by atoms with Gasteiger partial charge in [0.2, 0.25) is 0 Å². The van der Waals surface area contributed by atoms with Crippen LogP contribution in [-0.4, -0.2) is 40.3 Å². The third-order valence-corrected chi connectivity index (χ3v) is 4.50. The summed E-state index contributed by atoms with van der Waals surface area (Å²) in [4.78, 5) is 47.8. The van der Waals surface area contributed by atoms with Crippen LogP contribution in [0.1, 0.15) is 23.8 Å². The lowest BCUT2D eigenvalue weighted by molar-refractivity contribution is -0.384. The summed E-state index contributed by atoms with van der Waals surface area (Å²) in [5.74, 6) is -1.41. The molecule has 32 heavy (non-hydrogen) atoms. The van der Waals surface area contributed by atoms with Crippen LogP contribution in [0.4, 0.5) is 11.4 Å². The van der Waals surface area contributed by atoms with Gasteiger partial charge in [-0.3, -0.25) is 19.7 Å². The number of esters is 1. The van der Waals surface area contributed by atoms with Gasteiger partial charge in [0.1, 0.15) is 5.75 Å². The number of nitrogens with one attached hydrogen (secondary N) is 1. The van der Waals surface area contributed by atoms with E-state index in [1.807, 2.05) is 6.92 Å². The van der Waals surface area contributed by atoms with Crippen molar-refractivity contribution < 1.29 is 24.0 Å². The molecule has 3 aromatic rings. The van der Waals surface area contributed by atoms with Crippen molar-refractivity contribution in [1.82, 2.24) is 9.78 Å². The molecule has 166 valence electrons. The zero-order chi connectivity index (χ0) is 23.3. The Bertz CT molecular complexity index is 1250. The Morgan fingerprint density at radius 2 is 1.91 bits per heavy atom. The minimum atomic E-state index is -0.882. The molecule has 0 fully saturated rings. The topological polar surface area (TPSA) is 143 Å². The molecule has 1 N–H and O–H groups in total. The Morgan fingerprint density at radius 3 is 2.56 bits per heavy atom. The molecule has 2 aromatic carbocycles. The summed E-state index contributed by atoms with van der Waals surface area (Å²) >= 11 is 0. The minimum absolute atomic E-state index is 0.0582. The lowest BCUT2D eigenvalue weighted by Gasteiger charge is -2.11. The van der Waals surface area contributed by atoms with Gasteiger partial charge >= 0.3 is 5.97 Å². The van der Waals surface area contributed by atoms with Crippen molar-refractivity contribution in [3.63, 3.8) is 0 Å². The van der Waals surface area contributed by atoms with E-state index in [1.165, 1.54) is 23.9 Å². The first-order valence-corrected chi connectivity index (χ1v) is 9.65. The van der Waals surface area contributed by atoms with Crippen molar-refractivity contribution in [2.75, 3.05) is 19.0 Å². The zero-order valence-electron chi connectivity index (χ0n) is 17.4. The summed E-state index contributed by atoms with van der Waals surface area (Å²) in [5.41, 5.74) is -0.598. The van der Waals surface area contributed by atoms with E-state index in [-0.39, 0.29) is 28.4 Å². The molecule has 11 nitrogen and oxygen atoms in total. The summed E-state index contributed by atoms with van der Waals surface area (Å²) < 4.78 is 11.4. The van der Waals surface area contributed by atoms with Crippen molar-refractivity contribution in [2.45, 2.75) is 19.9 Å². The Balaban J connectivity index is 1.79. The van der Waals surface area contributed by atoms with E-state index in [0.717, 1.165) is 6.07 Å². The molecule has 3 rings (SSSR count). The second-order valence-electron chi connectivity index (χ2n) is 6.69. The first-order valence-electron chi connectivity index (χ1n) is 9.65. The van der Waals surface area contributed by atoms with E-state index in [0.29, 0.717) is 23.7 Å². The number of carbonyl (C=O) groups excluding carboxylic acids is 2. The van der Waals surface area contributed by atoms with Gasteiger partial charge in [0.15, 0.2) is 12.3 Å². The number of hydrogen-bond donors (Lipinski definition) is 1. The third-order valence-electron chi connectivity index (χ3n) is 4.50. The molecule has 0 saturated carbocycles. The van der Waals surface area contributed by atoms with Crippen LogP contribution in [0.2, 0.25) is 0 Å². The summed E-state index contributed by atoms with van der Waals surface area (Å²) in [6.07, 6.45) is 0.632. The predicted molar refractivity (Wildman–Crippen MR) is 115 cm³/mol. The van der Waals surface area contributed by atoms with E-state index >= 15 is 0 Å². The SMILES string of the molecule is CCCn1nc(C(=O)OCC(=O)Nc2cc([N+](=O)[O-])ccc2OC)c2ccccc2c1=O. The Morgan fingerprint density at radius 1 is 1.19 bits per heavy atom. The van der Waals surface area contributed by atoms with Gasteiger partial charge in [-0.2, -0.15) is 5.10 Å². The molecule has 0 bridgehead atoms. The van der Waals surface area contributed by atoms with Gasteiger partial charge in [-0.15, -0.1) is 0 Å². The second kappa shape index (κ2) is 9.69. The highest BCUT2D eigenvalue weighted by Gasteiger charge is 2.20. The highest BCUT2D eigenvalue weighted by atomic mass is 16.6. The number of anilines is 1. The number of fused-ring (bicyclic) bond motifs is 1. The number of nitro groups is 1. The number of amides is 1. The minimum Gasteiger partial charge on any atom is -0.495 e. The van der Waals surface area contributed by atoms with Crippen LogP contribution < -0.4 is 15.6 Å². The molecule has 0 aliphatic heterocycles. The molecule has 0 aliphatic carbocycles. The number of nitro benzene ring substituents is 1. The van der Waals surface area contributed by atoms with Crippen LogP contribution in [-0.2, 0) is 16.1 Å². The van der Waals surface area contributed by atoms with Crippen molar-refractivity contribution in [1.29, 1.82) is 0 Å². The number of rotatable bonds is 8. The number of nitrogens with zero attached hydrogens (tertiary/aromatic N) is 3. The Kier molecular flexibility index (Phi) is 6.78. The van der Waals surface area contributed by atoms with Crippen molar-refractivity contribution >= 4 is 34.0 Å². The summed E-state index contributed by atoms with van der Waals surface area (Å²) in [7, 11) is 1.35. The quantitative estimate of drug-likeness (QED) is 0.320. The summed E-state index contributed by atoms with van der Waals surface area (Å²) in [6, 6.07) is 10.2. The van der Waals surface area contributed by atoms with E-state index in [4.69, 9.17) is 9.47 Å². The molecule has 0 spiro atoms. The van der Waals surface area contributed by atoms with Gasteiger partial charge in [-0.05, 0) is 18.6 Å². The fourth-order valence-corrected chi connectivity index (χ4v) is 3.04. The standard InChI is InChI=1S/C21H20N4O7/c1-3-10-24-20(27)15-7-5-4-6-14(15)19(23-24)21(28)32-12-18(26)22-16-11-13(25(29)30)8-9-17(16)31-2/h4-9,11H,3,10,12H2,1-2H3,(H,22,26). The molecule has 1 amide bonds. The molecular formula is C21H20N4O7. The van der Waals surface area contributed by atoms with Gasteiger partial charge < -0.3 is 14.8 Å². The number of non-ortho nitro benzene ring substituents is 1. The van der Waals surface area contributed by atoms with Crippen LogP contribution in [0.3, 0.4) is 0 Å². The van der Waals surface area contributed by atoms with Crippen LogP contribution in [0.15, 0.2) is 47.3 Å². The summed E-state index contributed by atoms with van der Waals surface area (Å²) in [5, 5.41) is 18.1. The van der Waals surface area contributed by atoms with Crippen LogP contribution in [0, 0.1) is 10.1 Å². The molecule has 0 radical (unpaired) electrons. The highest BCUT2D eigenvalue weighted by molar-refractivity contribution is 6.03. The molecule has 0 unspecified atom stereocenters. The summed E-state index contributed by atoms with van der Waals surface area (Å²) in [6.45, 7) is 1.51. The number of carbonyl (C=O) groups is 2. The lowest BCUT2D eigenvalue weighted by atomic mass is 10.1. The van der Waals surface area contributed by atoms with Crippen molar-refractivity contribution in [3.05, 3.63) is 68.6 Å². The number of methoxy groups -OCH3 is 1. The van der Waals surface area contributed by atoms with Crippen molar-refractivity contribution in [3.8, 4) is 5.75 Å². The molecule has 0 saturated heterocycles. The Hall–Kier alpha value is -4.28. The average molecular weight is 440 g/mol. The van der Waals surface area contributed by atoms with Gasteiger partial charge in [-0.25, -0.2) is 9.48 Å². The molecule has 0 atom stereocenters. The highest BCUT2D eigenvalue weighted by Crippen LogP contribution is 2.28. The van der Waals surface area contributed by atoms with E-state index < -0.39 is 23.4 Å². The Labute approximate surface area is 181 Å². The van der Waals surface area contributed by atoms with Crippen LogP contribution >= 0.6 is 0 Å². The number of aromatic nitrogens is 2. The second-order valence-corrected chi connectivity index (χ2v) is 6.69. The first-order chi connectivity index (χ1) is 15.3. The van der Waals surface area contributed by atoms with Crippen LogP contribution in [0.5, 0.6) is 5.75 Å². The number of aryl methyl sites for hydroxylation is 1. The van der Waals surface area contributed by atoms with Crippen molar-refractivity contribution in [2.24, 2.45) is 0 Å². The van der Waals surface area contributed by atoms with E-state index in [1.54, 1.807) is 24.3 Å². The van der Waals surface area contributed by atoms with Crippen LogP contribution in [0.25, 0.3) is 10.8 Å². The average Bonchev–Trinajstić information content (AvgIpc) is 2.79. The first kappa shape index (κ1) is 22.4. The third kappa shape index (κ3) is 4.72. The molecule has 1 aromatic heterocycles. The molecular weight excluding hydrogens is 420 g/mol. The van der Waals surface area contributed by atoms with Gasteiger partial charge in [0.25, 0.3) is 17.2 Å². The fraction of sp³-hybridized carbons (Fsp3) is 0.238. The van der Waals surface area contributed by atoms with Gasteiger partial charge in [0, 0.05) is 24.1 Å². The smallest absolute Gasteiger partial charge is 0.359 e. The lowest BCUT2D eigenvalue weighted by Crippen LogP contribution is -2.27. The number of benzene rings is 2. The normalized spacial score (nSPS) is 10.6. The van der Waals surface area contributed by atoms with E-state index in [9.17, 15) is 24.5 Å². The fourth-order valence-electron chi connectivity index (χ4n) is 3.04. The predicted octanol–water partition coefficient (Wildman–Crippen LogP) is 2.52. The van der Waals surface area contributed by atoms with Gasteiger partial charge in [-0.1, -0.05) is 25.1 Å². The molecule has 11 heteroatoms. The zero-order valence-corrected chi connectivity index (χ0v) is 17.4. The monoisotopic (exact) mass is 440 g/mol.